The number of nitrogens with one attached hydrogen (secondary N) is 1. The van der Waals surface area contributed by atoms with E-state index < -0.39 is 17.8 Å². The predicted octanol–water partition coefficient (Wildman–Crippen LogP) is 3.28. The maximum Gasteiger partial charge on any atom is 0.258 e. The number of thioether (sulfide) groups is 1. The summed E-state index contributed by atoms with van der Waals surface area (Å²) in [5.41, 5.74) is 0.0214. The van der Waals surface area contributed by atoms with Crippen LogP contribution < -0.4 is 5.32 Å². The van der Waals surface area contributed by atoms with Gasteiger partial charge in [0.05, 0.1) is 10.9 Å². The van der Waals surface area contributed by atoms with Gasteiger partial charge in [0.1, 0.15) is 11.9 Å². The first-order valence-corrected chi connectivity index (χ1v) is 9.40. The van der Waals surface area contributed by atoms with Crippen LogP contribution in [0.4, 0.5) is 4.39 Å². The van der Waals surface area contributed by atoms with E-state index in [1.165, 1.54) is 12.1 Å². The average molecular weight is 352 g/mol. The minimum absolute atomic E-state index is 0.0214. The molecule has 2 amide bonds. The molecule has 2 rings (SSSR count). The summed E-state index contributed by atoms with van der Waals surface area (Å²) in [6.07, 6.45) is 0.717. The standard InChI is InChI=1S/C18H25FN2O2S/c1-5-16-21(18(23)13-8-6-7-9-14(13)19)15(10-24-16)17(22)20-12(4)11(2)3/h6-9,11-12,15-16H,5,10H2,1-4H3,(H,20,22). The summed E-state index contributed by atoms with van der Waals surface area (Å²) < 4.78 is 14.0. The van der Waals surface area contributed by atoms with Gasteiger partial charge in [-0.15, -0.1) is 11.8 Å². The number of benzene rings is 1. The molecule has 0 aromatic heterocycles. The van der Waals surface area contributed by atoms with Gasteiger partial charge in [-0.05, 0) is 31.4 Å². The maximum absolute atomic E-state index is 14.0. The molecule has 0 saturated carbocycles. The third-order valence-electron chi connectivity index (χ3n) is 4.45. The number of carbonyl (C=O) groups is 2. The van der Waals surface area contributed by atoms with Crippen LogP contribution in [-0.2, 0) is 4.79 Å². The minimum Gasteiger partial charge on any atom is -0.352 e. The van der Waals surface area contributed by atoms with Crippen LogP contribution in [0.15, 0.2) is 24.3 Å². The molecule has 3 atom stereocenters. The highest BCUT2D eigenvalue weighted by atomic mass is 32.2. The van der Waals surface area contributed by atoms with Gasteiger partial charge < -0.3 is 10.2 Å². The largest absolute Gasteiger partial charge is 0.352 e. The molecule has 0 spiro atoms. The molecule has 1 N–H and O–H groups in total. The van der Waals surface area contributed by atoms with Crippen molar-refractivity contribution in [3.63, 3.8) is 0 Å². The molecule has 3 unspecified atom stereocenters. The lowest BCUT2D eigenvalue weighted by Gasteiger charge is -2.29. The molecule has 4 nitrogen and oxygen atoms in total. The van der Waals surface area contributed by atoms with Crippen LogP contribution in [0.25, 0.3) is 0 Å². The van der Waals surface area contributed by atoms with Gasteiger partial charge in [0.15, 0.2) is 0 Å². The summed E-state index contributed by atoms with van der Waals surface area (Å²) in [7, 11) is 0. The van der Waals surface area contributed by atoms with Gasteiger partial charge in [0, 0.05) is 11.8 Å². The summed E-state index contributed by atoms with van der Waals surface area (Å²) >= 11 is 1.57. The molecule has 1 aromatic rings. The van der Waals surface area contributed by atoms with Crippen molar-refractivity contribution in [3.8, 4) is 0 Å². The van der Waals surface area contributed by atoms with Crippen LogP contribution >= 0.6 is 11.8 Å². The number of carbonyl (C=O) groups excluding carboxylic acids is 2. The van der Waals surface area contributed by atoms with Gasteiger partial charge in [0.25, 0.3) is 5.91 Å². The lowest BCUT2D eigenvalue weighted by molar-refractivity contribution is -0.125. The maximum atomic E-state index is 14.0. The monoisotopic (exact) mass is 352 g/mol. The highest BCUT2D eigenvalue weighted by Crippen LogP contribution is 2.33. The zero-order valence-electron chi connectivity index (χ0n) is 14.6. The Labute approximate surface area is 147 Å². The smallest absolute Gasteiger partial charge is 0.258 e. The first kappa shape index (κ1) is 18.8. The molecular formula is C18H25FN2O2S. The quantitative estimate of drug-likeness (QED) is 0.885. The number of nitrogens with zero attached hydrogens (tertiary/aromatic N) is 1. The first-order valence-electron chi connectivity index (χ1n) is 8.36. The van der Waals surface area contributed by atoms with Gasteiger partial charge in [0.2, 0.25) is 5.91 Å². The highest BCUT2D eigenvalue weighted by molar-refractivity contribution is 8.00. The summed E-state index contributed by atoms with van der Waals surface area (Å²) in [5, 5.41) is 2.87. The van der Waals surface area contributed by atoms with Crippen molar-refractivity contribution in [2.45, 2.75) is 51.6 Å². The second kappa shape index (κ2) is 8.01. The van der Waals surface area contributed by atoms with Gasteiger partial charge in [-0.1, -0.05) is 32.9 Å². The van der Waals surface area contributed by atoms with Crippen molar-refractivity contribution in [1.82, 2.24) is 10.2 Å². The Balaban J connectivity index is 2.24. The van der Waals surface area contributed by atoms with E-state index >= 15 is 0 Å². The molecule has 132 valence electrons. The Morgan fingerprint density at radius 3 is 2.58 bits per heavy atom. The van der Waals surface area contributed by atoms with E-state index in [0.29, 0.717) is 18.1 Å². The summed E-state index contributed by atoms with van der Waals surface area (Å²) in [6, 6.07) is 5.39. The van der Waals surface area contributed by atoms with Crippen LogP contribution in [-0.4, -0.2) is 39.9 Å². The Morgan fingerprint density at radius 2 is 2.00 bits per heavy atom. The van der Waals surface area contributed by atoms with Crippen LogP contribution in [0.3, 0.4) is 0 Å². The Morgan fingerprint density at radius 1 is 1.33 bits per heavy atom. The molecule has 1 heterocycles. The lowest BCUT2D eigenvalue weighted by Crippen LogP contribution is -2.52. The van der Waals surface area contributed by atoms with Crippen molar-refractivity contribution >= 4 is 23.6 Å². The number of hydrogen-bond acceptors (Lipinski definition) is 3. The Bertz CT molecular complexity index is 608. The highest BCUT2D eigenvalue weighted by Gasteiger charge is 2.41. The normalized spacial score (nSPS) is 21.8. The van der Waals surface area contributed by atoms with E-state index in [1.54, 1.807) is 28.8 Å². The fourth-order valence-corrected chi connectivity index (χ4v) is 3.97. The Kier molecular flexibility index (Phi) is 6.27. The van der Waals surface area contributed by atoms with Gasteiger partial charge in [-0.25, -0.2) is 4.39 Å². The van der Waals surface area contributed by atoms with Crippen LogP contribution in [0.1, 0.15) is 44.5 Å². The molecule has 1 aromatic carbocycles. The molecule has 0 bridgehead atoms. The van der Waals surface area contributed by atoms with Crippen molar-refractivity contribution in [2.75, 3.05) is 5.75 Å². The zero-order valence-corrected chi connectivity index (χ0v) is 15.4. The van der Waals surface area contributed by atoms with Crippen LogP contribution in [0.2, 0.25) is 0 Å². The van der Waals surface area contributed by atoms with Gasteiger partial charge in [-0.3, -0.25) is 9.59 Å². The molecule has 1 aliphatic heterocycles. The average Bonchev–Trinajstić information content (AvgIpc) is 2.98. The van der Waals surface area contributed by atoms with Gasteiger partial charge in [-0.2, -0.15) is 0 Å². The van der Waals surface area contributed by atoms with E-state index in [2.05, 4.69) is 5.32 Å². The fourth-order valence-electron chi connectivity index (χ4n) is 2.61. The lowest BCUT2D eigenvalue weighted by atomic mass is 10.1. The van der Waals surface area contributed by atoms with Crippen LogP contribution in [0, 0.1) is 11.7 Å². The molecule has 1 saturated heterocycles. The third kappa shape index (κ3) is 3.91. The van der Waals surface area contributed by atoms with Gasteiger partial charge >= 0.3 is 0 Å². The molecule has 0 radical (unpaired) electrons. The SMILES string of the molecule is CCC1SCC(C(=O)NC(C)C(C)C)N1C(=O)c1ccccc1F. The summed E-state index contributed by atoms with van der Waals surface area (Å²) in [5.74, 6) is -0.286. The minimum atomic E-state index is -0.562. The molecule has 1 fully saturated rings. The van der Waals surface area contributed by atoms with Crippen molar-refractivity contribution < 1.29 is 14.0 Å². The topological polar surface area (TPSA) is 49.4 Å². The van der Waals surface area contributed by atoms with Crippen LogP contribution in [0.5, 0.6) is 0 Å². The van der Waals surface area contributed by atoms with E-state index in [1.807, 2.05) is 27.7 Å². The Hall–Kier alpha value is -1.56. The summed E-state index contributed by atoms with van der Waals surface area (Å²) in [6.45, 7) is 7.98. The van der Waals surface area contributed by atoms with E-state index in [4.69, 9.17) is 0 Å². The molecule has 24 heavy (non-hydrogen) atoms. The fraction of sp³-hybridized carbons (Fsp3) is 0.556. The van der Waals surface area contributed by atoms with Crippen molar-refractivity contribution in [3.05, 3.63) is 35.6 Å². The molecule has 6 heteroatoms. The zero-order chi connectivity index (χ0) is 17.9. The second-order valence-corrected chi connectivity index (χ2v) is 7.66. The second-order valence-electron chi connectivity index (χ2n) is 6.45. The van der Waals surface area contributed by atoms with Crippen molar-refractivity contribution in [1.29, 1.82) is 0 Å². The van der Waals surface area contributed by atoms with E-state index in [0.717, 1.165) is 0 Å². The first-order chi connectivity index (χ1) is 11.4. The predicted molar refractivity (Wildman–Crippen MR) is 95.3 cm³/mol. The van der Waals surface area contributed by atoms with E-state index in [-0.39, 0.29) is 22.9 Å². The van der Waals surface area contributed by atoms with E-state index in [9.17, 15) is 14.0 Å². The number of amides is 2. The van der Waals surface area contributed by atoms with Crippen molar-refractivity contribution in [2.24, 2.45) is 5.92 Å². The number of rotatable bonds is 5. The third-order valence-corrected chi connectivity index (χ3v) is 5.91. The number of halogens is 1. The summed E-state index contributed by atoms with van der Waals surface area (Å²) in [4.78, 5) is 27.1. The molecule has 1 aliphatic rings. The molecule has 0 aliphatic carbocycles. The molecular weight excluding hydrogens is 327 g/mol. The number of hydrogen-bond donors (Lipinski definition) is 1.